The highest BCUT2D eigenvalue weighted by Gasteiger charge is 2.30. The zero-order chi connectivity index (χ0) is 20.2. The molecule has 1 N–H and O–H groups in total. The van der Waals surface area contributed by atoms with Crippen molar-refractivity contribution in [3.63, 3.8) is 0 Å². The lowest BCUT2D eigenvalue weighted by atomic mass is 10.2. The van der Waals surface area contributed by atoms with Gasteiger partial charge in [0.05, 0.1) is 16.1 Å². The Morgan fingerprint density at radius 1 is 1.07 bits per heavy atom. The summed E-state index contributed by atoms with van der Waals surface area (Å²) < 4.78 is 42.5. The first-order valence-corrected chi connectivity index (χ1v) is 7.51. The first-order chi connectivity index (χ1) is 12.6. The fraction of sp³-hybridized carbons (Fsp3) is 0.176. The smallest absolute Gasteiger partial charge is 0.416 e. The average molecular weight is 382 g/mol. The Kier molecular flexibility index (Phi) is 5.78. The Labute approximate surface area is 150 Å². The number of hydrogen-bond donors (Lipinski definition) is 1. The fourth-order valence-electron chi connectivity index (χ4n) is 1.99. The molecule has 2 aromatic carbocycles. The number of carbonyl (C=O) groups excluding carboxylic acids is 2. The number of ether oxygens (including phenoxy) is 1. The minimum atomic E-state index is -4.49. The molecule has 1 atom stereocenters. The maximum Gasteiger partial charge on any atom is 0.416 e. The average Bonchev–Trinajstić information content (AvgIpc) is 2.61. The number of anilines is 1. The van der Waals surface area contributed by atoms with Crippen LogP contribution in [0.15, 0.2) is 48.5 Å². The third kappa shape index (κ3) is 5.27. The zero-order valence-corrected chi connectivity index (χ0v) is 13.8. The van der Waals surface area contributed by atoms with E-state index in [2.05, 4.69) is 5.32 Å². The van der Waals surface area contributed by atoms with E-state index < -0.39 is 34.6 Å². The lowest BCUT2D eigenvalue weighted by Crippen LogP contribution is -2.30. The van der Waals surface area contributed by atoms with Gasteiger partial charge in [-0.3, -0.25) is 14.9 Å². The topological polar surface area (TPSA) is 98.5 Å². The van der Waals surface area contributed by atoms with E-state index in [0.717, 1.165) is 36.4 Å². The number of nitro benzene ring substituents is 1. The van der Waals surface area contributed by atoms with Crippen molar-refractivity contribution in [2.45, 2.75) is 19.2 Å². The van der Waals surface area contributed by atoms with Crippen LogP contribution in [0.4, 0.5) is 24.5 Å². The molecule has 10 heteroatoms. The van der Waals surface area contributed by atoms with Crippen LogP contribution < -0.4 is 5.32 Å². The number of amides is 1. The Morgan fingerprint density at radius 2 is 1.63 bits per heavy atom. The number of esters is 1. The summed E-state index contributed by atoms with van der Waals surface area (Å²) in [5, 5.41) is 12.9. The standard InChI is InChI=1S/C17H13F3N2O5/c1-10(27-16(24)11-2-8-14(9-3-11)22(25)26)15(23)21-13-6-4-12(5-7-13)17(18,19)20/h2-10H,1H3,(H,21,23). The Hall–Kier alpha value is -3.43. The summed E-state index contributed by atoms with van der Waals surface area (Å²) >= 11 is 0. The van der Waals surface area contributed by atoms with Gasteiger partial charge in [0.2, 0.25) is 0 Å². The molecule has 2 rings (SSSR count). The summed E-state index contributed by atoms with van der Waals surface area (Å²) in [5.74, 6) is -1.62. The summed E-state index contributed by atoms with van der Waals surface area (Å²) in [6.45, 7) is 1.28. The number of hydrogen-bond acceptors (Lipinski definition) is 5. The van der Waals surface area contributed by atoms with Gasteiger partial charge in [0, 0.05) is 17.8 Å². The van der Waals surface area contributed by atoms with Crippen LogP contribution in [0.2, 0.25) is 0 Å². The molecule has 27 heavy (non-hydrogen) atoms. The quantitative estimate of drug-likeness (QED) is 0.482. The van der Waals surface area contributed by atoms with Crippen molar-refractivity contribution in [3.05, 3.63) is 69.8 Å². The number of alkyl halides is 3. The van der Waals surface area contributed by atoms with Gasteiger partial charge >= 0.3 is 12.1 Å². The molecule has 1 amide bonds. The lowest BCUT2D eigenvalue weighted by molar-refractivity contribution is -0.384. The van der Waals surface area contributed by atoms with Gasteiger partial charge in [-0.2, -0.15) is 13.2 Å². The number of benzene rings is 2. The van der Waals surface area contributed by atoms with Crippen molar-refractivity contribution in [1.29, 1.82) is 0 Å². The van der Waals surface area contributed by atoms with Crippen molar-refractivity contribution >= 4 is 23.3 Å². The molecular formula is C17H13F3N2O5. The highest BCUT2D eigenvalue weighted by molar-refractivity contribution is 5.97. The molecule has 0 saturated carbocycles. The van der Waals surface area contributed by atoms with Gasteiger partial charge in [-0.05, 0) is 43.3 Å². The van der Waals surface area contributed by atoms with E-state index in [4.69, 9.17) is 4.74 Å². The zero-order valence-electron chi connectivity index (χ0n) is 13.8. The van der Waals surface area contributed by atoms with Gasteiger partial charge in [-0.1, -0.05) is 0 Å². The van der Waals surface area contributed by atoms with E-state index in [0.29, 0.717) is 0 Å². The van der Waals surface area contributed by atoms with Crippen LogP contribution in [0.25, 0.3) is 0 Å². The van der Waals surface area contributed by atoms with E-state index in [9.17, 15) is 32.9 Å². The van der Waals surface area contributed by atoms with Gasteiger partial charge in [0.15, 0.2) is 6.10 Å². The van der Waals surface area contributed by atoms with Crippen LogP contribution in [0, 0.1) is 10.1 Å². The molecule has 0 fully saturated rings. The molecule has 142 valence electrons. The summed E-state index contributed by atoms with van der Waals surface area (Å²) in [6, 6.07) is 8.36. The highest BCUT2D eigenvalue weighted by Crippen LogP contribution is 2.29. The van der Waals surface area contributed by atoms with Gasteiger partial charge < -0.3 is 10.1 Å². The van der Waals surface area contributed by atoms with Crippen molar-refractivity contribution < 1.29 is 32.4 Å². The first kappa shape index (κ1) is 19.9. The van der Waals surface area contributed by atoms with Gasteiger partial charge in [-0.25, -0.2) is 4.79 Å². The monoisotopic (exact) mass is 382 g/mol. The van der Waals surface area contributed by atoms with Crippen molar-refractivity contribution in [1.82, 2.24) is 0 Å². The molecular weight excluding hydrogens is 369 g/mol. The maximum absolute atomic E-state index is 12.5. The van der Waals surface area contributed by atoms with Crippen LogP contribution in [0.3, 0.4) is 0 Å². The maximum atomic E-state index is 12.5. The second-order valence-corrected chi connectivity index (χ2v) is 5.42. The molecule has 0 heterocycles. The summed E-state index contributed by atoms with van der Waals surface area (Å²) in [5.41, 5.74) is -0.959. The second kappa shape index (κ2) is 7.85. The van der Waals surface area contributed by atoms with Crippen LogP contribution in [0.5, 0.6) is 0 Å². The predicted molar refractivity (Wildman–Crippen MR) is 88.0 cm³/mol. The molecule has 0 aliphatic rings. The number of nitrogens with zero attached hydrogens (tertiary/aromatic N) is 1. The number of carbonyl (C=O) groups is 2. The van der Waals surface area contributed by atoms with E-state index in [-0.39, 0.29) is 16.9 Å². The van der Waals surface area contributed by atoms with Gasteiger partial charge in [-0.15, -0.1) is 0 Å². The molecule has 0 saturated heterocycles. The molecule has 1 unspecified atom stereocenters. The second-order valence-electron chi connectivity index (χ2n) is 5.42. The van der Waals surface area contributed by atoms with Crippen LogP contribution in [-0.2, 0) is 15.7 Å². The summed E-state index contributed by atoms with van der Waals surface area (Å²) in [6.07, 6.45) is -5.73. The molecule has 0 aromatic heterocycles. The SMILES string of the molecule is CC(OC(=O)c1ccc([N+](=O)[O-])cc1)C(=O)Nc1ccc(C(F)(F)F)cc1. The minimum Gasteiger partial charge on any atom is -0.449 e. The third-order valence-corrected chi connectivity index (χ3v) is 3.45. The first-order valence-electron chi connectivity index (χ1n) is 7.51. The van der Waals surface area contributed by atoms with E-state index in [1.165, 1.54) is 19.1 Å². The van der Waals surface area contributed by atoms with E-state index in [1.54, 1.807) is 0 Å². The van der Waals surface area contributed by atoms with Gasteiger partial charge in [0.25, 0.3) is 11.6 Å². The fourth-order valence-corrected chi connectivity index (χ4v) is 1.99. The number of rotatable bonds is 5. The number of nitro groups is 1. The number of nitrogens with one attached hydrogen (secondary N) is 1. The van der Waals surface area contributed by atoms with Gasteiger partial charge in [0.1, 0.15) is 0 Å². The van der Waals surface area contributed by atoms with Crippen molar-refractivity contribution in [2.24, 2.45) is 0 Å². The van der Waals surface area contributed by atoms with Crippen LogP contribution in [0.1, 0.15) is 22.8 Å². The van der Waals surface area contributed by atoms with Crippen LogP contribution >= 0.6 is 0 Å². The third-order valence-electron chi connectivity index (χ3n) is 3.45. The molecule has 0 spiro atoms. The number of halogens is 3. The largest absolute Gasteiger partial charge is 0.449 e. The Morgan fingerprint density at radius 3 is 2.11 bits per heavy atom. The van der Waals surface area contributed by atoms with Crippen LogP contribution in [-0.4, -0.2) is 22.9 Å². The van der Waals surface area contributed by atoms with E-state index >= 15 is 0 Å². The Balaban J connectivity index is 1.96. The Bertz CT molecular complexity index is 848. The summed E-state index contributed by atoms with van der Waals surface area (Å²) in [7, 11) is 0. The number of non-ortho nitro benzene ring substituents is 1. The predicted octanol–water partition coefficient (Wildman–Crippen LogP) is 3.80. The lowest BCUT2D eigenvalue weighted by Gasteiger charge is -2.14. The molecule has 0 aliphatic heterocycles. The molecule has 0 aliphatic carbocycles. The minimum absolute atomic E-state index is 0.00906. The molecule has 7 nitrogen and oxygen atoms in total. The van der Waals surface area contributed by atoms with E-state index in [1.807, 2.05) is 0 Å². The summed E-state index contributed by atoms with van der Waals surface area (Å²) in [4.78, 5) is 33.9. The molecule has 2 aromatic rings. The molecule has 0 bridgehead atoms. The molecule has 0 radical (unpaired) electrons. The van der Waals surface area contributed by atoms with Crippen molar-refractivity contribution in [3.8, 4) is 0 Å². The highest BCUT2D eigenvalue weighted by atomic mass is 19.4. The normalized spacial score (nSPS) is 12.1. The van der Waals surface area contributed by atoms with Crippen molar-refractivity contribution in [2.75, 3.05) is 5.32 Å².